The van der Waals surface area contributed by atoms with Crippen LogP contribution in [-0.2, 0) is 13.6 Å². The highest BCUT2D eigenvalue weighted by Gasteiger charge is 1.95. The summed E-state index contributed by atoms with van der Waals surface area (Å²) in [6.45, 7) is 0.431. The van der Waals surface area contributed by atoms with E-state index in [9.17, 15) is 0 Å². The Balaban J connectivity index is 0.000000810. The van der Waals surface area contributed by atoms with Gasteiger partial charge in [0.25, 0.3) is 0 Å². The predicted octanol–water partition coefficient (Wildman–Crippen LogP) is -3.16. The zero-order valence-electron chi connectivity index (χ0n) is 5.66. The minimum absolute atomic E-state index is 0. The molecule has 0 aliphatic rings. The molecule has 1 heterocycles. The largest absolute Gasteiger partial charge is 1.00 e. The zero-order valence-corrected chi connectivity index (χ0v) is 7.24. The van der Waals surface area contributed by atoms with E-state index < -0.39 is 0 Å². The van der Waals surface area contributed by atoms with Crippen LogP contribution in [0.15, 0.2) is 18.7 Å². The van der Waals surface area contributed by atoms with Crippen molar-refractivity contribution in [2.45, 2.75) is 6.54 Å². The molecule has 10 heavy (non-hydrogen) atoms. The van der Waals surface area contributed by atoms with Gasteiger partial charge in [0.05, 0.1) is 7.05 Å². The summed E-state index contributed by atoms with van der Waals surface area (Å²) in [6, 6.07) is 2.05. The molecule has 3 nitrogen and oxygen atoms in total. The van der Waals surface area contributed by atoms with Crippen molar-refractivity contribution in [1.29, 1.82) is 5.26 Å². The maximum absolute atomic E-state index is 8.25. The van der Waals surface area contributed by atoms with Gasteiger partial charge in [-0.2, -0.15) is 5.26 Å². The number of nitrogens with zero attached hydrogens (tertiary/aromatic N) is 3. The third-order valence-corrected chi connectivity index (χ3v) is 1.08. The Hall–Kier alpha value is -0.820. The summed E-state index contributed by atoms with van der Waals surface area (Å²) < 4.78 is 3.72. The van der Waals surface area contributed by atoms with Crippen LogP contribution in [-0.4, -0.2) is 4.57 Å². The summed E-state index contributed by atoms with van der Waals surface area (Å²) in [5.74, 6) is 0. The zero-order chi connectivity index (χ0) is 6.69. The van der Waals surface area contributed by atoms with E-state index >= 15 is 0 Å². The first-order valence-corrected chi connectivity index (χ1v) is 2.71. The Bertz CT molecular complexity index is 235. The molecule has 0 N–H and O–H groups in total. The quantitative estimate of drug-likeness (QED) is 0.442. The van der Waals surface area contributed by atoms with Crippen molar-refractivity contribution in [1.82, 2.24) is 4.57 Å². The first-order chi connectivity index (χ1) is 4.33. The van der Waals surface area contributed by atoms with E-state index in [1.807, 2.05) is 41.0 Å². The van der Waals surface area contributed by atoms with Crippen molar-refractivity contribution in [3.8, 4) is 6.07 Å². The lowest BCUT2D eigenvalue weighted by molar-refractivity contribution is -0.684. The highest BCUT2D eigenvalue weighted by molar-refractivity contribution is 4.66. The fraction of sp³-hybridized carbons (Fsp3) is 0.333. The summed E-state index contributed by atoms with van der Waals surface area (Å²) in [5, 5.41) is 8.25. The number of nitriles is 1. The highest BCUT2D eigenvalue weighted by atomic mass is 79.9. The molecular formula is C6H8BrN3. The smallest absolute Gasteiger partial charge is 0.244 e. The molecule has 4 heteroatoms. The summed E-state index contributed by atoms with van der Waals surface area (Å²) >= 11 is 0. The maximum Gasteiger partial charge on any atom is 0.244 e. The van der Waals surface area contributed by atoms with Gasteiger partial charge in [-0.15, -0.1) is 0 Å². The van der Waals surface area contributed by atoms with Crippen LogP contribution in [0.3, 0.4) is 0 Å². The monoisotopic (exact) mass is 201 g/mol. The Kier molecular flexibility index (Phi) is 3.74. The van der Waals surface area contributed by atoms with Gasteiger partial charge in [-0.3, -0.25) is 0 Å². The molecule has 0 aromatic carbocycles. The third-order valence-electron chi connectivity index (χ3n) is 1.08. The lowest BCUT2D eigenvalue weighted by atomic mass is 10.7. The molecule has 0 aliphatic heterocycles. The van der Waals surface area contributed by atoms with Gasteiger partial charge in [0, 0.05) is 0 Å². The lowest BCUT2D eigenvalue weighted by Gasteiger charge is -1.79. The molecule has 0 fully saturated rings. The van der Waals surface area contributed by atoms with Crippen molar-refractivity contribution in [2.75, 3.05) is 0 Å². The molecule has 54 valence electrons. The van der Waals surface area contributed by atoms with Crippen LogP contribution in [0.25, 0.3) is 0 Å². The summed E-state index contributed by atoms with van der Waals surface area (Å²) in [6.07, 6.45) is 5.63. The number of aryl methyl sites for hydroxylation is 1. The molecule has 1 aromatic rings. The molecule has 0 bridgehead atoms. The molecular weight excluding hydrogens is 194 g/mol. The van der Waals surface area contributed by atoms with Crippen LogP contribution in [0.4, 0.5) is 0 Å². The van der Waals surface area contributed by atoms with Gasteiger partial charge >= 0.3 is 0 Å². The van der Waals surface area contributed by atoms with Gasteiger partial charge in [0.2, 0.25) is 6.33 Å². The van der Waals surface area contributed by atoms with Crippen molar-refractivity contribution < 1.29 is 21.5 Å². The number of aromatic nitrogens is 2. The van der Waals surface area contributed by atoms with E-state index in [0.717, 1.165) is 0 Å². The number of rotatable bonds is 1. The normalized spacial score (nSPS) is 8.00. The van der Waals surface area contributed by atoms with Gasteiger partial charge in [-0.1, -0.05) is 0 Å². The lowest BCUT2D eigenvalue weighted by Crippen LogP contribution is -3.00. The van der Waals surface area contributed by atoms with Crippen LogP contribution in [0, 0.1) is 11.3 Å². The second-order valence-electron chi connectivity index (χ2n) is 1.91. The molecule has 0 spiro atoms. The molecule has 0 saturated carbocycles. The highest BCUT2D eigenvalue weighted by Crippen LogP contribution is 1.74. The van der Waals surface area contributed by atoms with Gasteiger partial charge in [-0.05, 0) is 0 Å². The second kappa shape index (κ2) is 4.07. The fourth-order valence-electron chi connectivity index (χ4n) is 0.677. The van der Waals surface area contributed by atoms with Crippen molar-refractivity contribution in [3.63, 3.8) is 0 Å². The van der Waals surface area contributed by atoms with Gasteiger partial charge < -0.3 is 17.0 Å². The van der Waals surface area contributed by atoms with Gasteiger partial charge in [0.15, 0.2) is 6.54 Å². The summed E-state index contributed by atoms with van der Waals surface area (Å²) in [4.78, 5) is 0. The molecule has 0 unspecified atom stereocenters. The first-order valence-electron chi connectivity index (χ1n) is 2.71. The second-order valence-corrected chi connectivity index (χ2v) is 1.91. The minimum atomic E-state index is 0. The van der Waals surface area contributed by atoms with Crippen LogP contribution >= 0.6 is 0 Å². The fourth-order valence-corrected chi connectivity index (χ4v) is 0.677. The van der Waals surface area contributed by atoms with E-state index in [4.69, 9.17) is 5.26 Å². The Morgan fingerprint density at radius 1 is 1.70 bits per heavy atom. The molecule has 0 aliphatic carbocycles. The molecule has 0 atom stereocenters. The molecule has 0 amide bonds. The van der Waals surface area contributed by atoms with Crippen LogP contribution in [0.1, 0.15) is 0 Å². The van der Waals surface area contributed by atoms with Gasteiger partial charge in [-0.25, -0.2) is 9.13 Å². The Morgan fingerprint density at radius 2 is 2.40 bits per heavy atom. The number of hydrogen-bond donors (Lipinski definition) is 0. The average Bonchev–Trinajstić information content (AvgIpc) is 2.17. The standard InChI is InChI=1S/C6H8N3.BrH/c1-8-4-5-9(6-8)3-2-7;/h4-6H,3H2,1H3;1H/q+1;/p-1. The van der Waals surface area contributed by atoms with Crippen molar-refractivity contribution >= 4 is 0 Å². The molecule has 1 rings (SSSR count). The van der Waals surface area contributed by atoms with E-state index in [2.05, 4.69) is 0 Å². The number of hydrogen-bond acceptors (Lipinski definition) is 1. The molecule has 0 saturated heterocycles. The number of halogens is 1. The van der Waals surface area contributed by atoms with Crippen molar-refractivity contribution in [2.24, 2.45) is 7.05 Å². The van der Waals surface area contributed by atoms with E-state index in [1.54, 1.807) is 0 Å². The van der Waals surface area contributed by atoms with E-state index in [-0.39, 0.29) is 17.0 Å². The van der Waals surface area contributed by atoms with Crippen LogP contribution in [0.2, 0.25) is 0 Å². The SMILES string of the molecule is Cn1cc[n+](CC#N)c1.[Br-]. The minimum Gasteiger partial charge on any atom is -1.00 e. The van der Waals surface area contributed by atoms with Gasteiger partial charge in [0.1, 0.15) is 18.5 Å². The molecule has 1 aromatic heterocycles. The third kappa shape index (κ3) is 2.19. The van der Waals surface area contributed by atoms with Crippen LogP contribution in [0.5, 0.6) is 0 Å². The topological polar surface area (TPSA) is 32.6 Å². The van der Waals surface area contributed by atoms with E-state index in [0.29, 0.717) is 6.54 Å². The predicted molar refractivity (Wildman–Crippen MR) is 31.2 cm³/mol. The van der Waals surface area contributed by atoms with Crippen LogP contribution < -0.4 is 21.5 Å². The number of imidazole rings is 1. The summed E-state index contributed by atoms with van der Waals surface area (Å²) in [5.41, 5.74) is 0. The Morgan fingerprint density at radius 3 is 2.80 bits per heavy atom. The average molecular weight is 202 g/mol. The maximum atomic E-state index is 8.25. The first kappa shape index (κ1) is 9.18. The van der Waals surface area contributed by atoms with E-state index in [1.165, 1.54) is 0 Å². The summed E-state index contributed by atoms with van der Waals surface area (Å²) in [7, 11) is 1.92. The van der Waals surface area contributed by atoms with Crippen molar-refractivity contribution in [3.05, 3.63) is 18.7 Å². The molecule has 0 radical (unpaired) electrons. The Labute approximate surface area is 70.3 Å².